The molecule has 0 unspecified atom stereocenters. The van der Waals surface area contributed by atoms with Crippen LogP contribution >= 0.6 is 0 Å². The van der Waals surface area contributed by atoms with Gasteiger partial charge in [0.2, 0.25) is 0 Å². The highest BCUT2D eigenvalue weighted by Gasteiger charge is 2.05. The number of benzene rings is 1. The number of hydrogen-bond acceptors (Lipinski definition) is 1. The lowest BCUT2D eigenvalue weighted by Crippen LogP contribution is -1.90. The second kappa shape index (κ2) is 4.06. The third-order valence-corrected chi connectivity index (χ3v) is 3.09. The minimum absolute atomic E-state index is 0.960. The first-order valence-corrected chi connectivity index (χ1v) is 5.90. The van der Waals surface area contributed by atoms with Crippen LogP contribution in [0.2, 0.25) is 0 Å². The highest BCUT2D eigenvalue weighted by atomic mass is 14.7. The molecule has 2 heterocycles. The van der Waals surface area contributed by atoms with Crippen LogP contribution in [0, 0.1) is 0 Å². The van der Waals surface area contributed by atoms with E-state index in [0.29, 0.717) is 0 Å². The molecule has 0 spiro atoms. The van der Waals surface area contributed by atoms with Gasteiger partial charge in [0.25, 0.3) is 0 Å². The van der Waals surface area contributed by atoms with Crippen LogP contribution in [-0.4, -0.2) is 9.97 Å². The number of fused-ring (bicyclic) bond motifs is 1. The van der Waals surface area contributed by atoms with Gasteiger partial charge in [0.15, 0.2) is 0 Å². The number of H-pyrrole nitrogens is 1. The van der Waals surface area contributed by atoms with Crippen LogP contribution in [0.5, 0.6) is 0 Å². The molecule has 0 aliphatic rings. The Labute approximate surface area is 100 Å². The number of aryl methyl sites for hydroxylation is 1. The van der Waals surface area contributed by atoms with Crippen LogP contribution in [0.25, 0.3) is 22.0 Å². The summed E-state index contributed by atoms with van der Waals surface area (Å²) in [4.78, 5) is 7.64. The van der Waals surface area contributed by atoms with Gasteiger partial charge in [-0.2, -0.15) is 0 Å². The molecule has 3 rings (SSSR count). The molecule has 2 aromatic heterocycles. The fourth-order valence-electron chi connectivity index (χ4n) is 2.20. The number of nitrogens with zero attached hydrogens (tertiary/aromatic N) is 1. The fourth-order valence-corrected chi connectivity index (χ4v) is 2.20. The van der Waals surface area contributed by atoms with Gasteiger partial charge in [-0.15, -0.1) is 0 Å². The van der Waals surface area contributed by atoms with Gasteiger partial charge in [-0.3, -0.25) is 4.98 Å². The molecule has 0 fully saturated rings. The summed E-state index contributed by atoms with van der Waals surface area (Å²) in [6.07, 6.45) is 4.79. The number of rotatable bonds is 2. The minimum atomic E-state index is 0.960. The predicted octanol–water partition coefficient (Wildman–Crippen LogP) is 3.79. The smallest absolute Gasteiger partial charge is 0.0479 e. The van der Waals surface area contributed by atoms with E-state index in [1.54, 1.807) is 0 Å². The van der Waals surface area contributed by atoms with E-state index in [0.717, 1.165) is 12.1 Å². The van der Waals surface area contributed by atoms with E-state index in [1.165, 1.54) is 22.0 Å². The van der Waals surface area contributed by atoms with Crippen molar-refractivity contribution in [3.8, 4) is 11.1 Å². The second-order valence-electron chi connectivity index (χ2n) is 4.13. The highest BCUT2D eigenvalue weighted by molar-refractivity contribution is 5.85. The van der Waals surface area contributed by atoms with Crippen molar-refractivity contribution in [2.24, 2.45) is 0 Å². The van der Waals surface area contributed by atoms with E-state index in [4.69, 9.17) is 0 Å². The third-order valence-electron chi connectivity index (χ3n) is 3.09. The van der Waals surface area contributed by atoms with Crippen molar-refractivity contribution in [3.63, 3.8) is 0 Å². The van der Waals surface area contributed by atoms with Crippen molar-refractivity contribution in [2.45, 2.75) is 13.3 Å². The maximum Gasteiger partial charge on any atom is 0.0479 e. The summed E-state index contributed by atoms with van der Waals surface area (Å²) in [7, 11) is 0. The van der Waals surface area contributed by atoms with Gasteiger partial charge in [-0.1, -0.05) is 19.1 Å². The Bertz CT molecular complexity index is 653. The Morgan fingerprint density at radius 3 is 3.00 bits per heavy atom. The lowest BCUT2D eigenvalue weighted by Gasteiger charge is -2.06. The average Bonchev–Trinajstić information content (AvgIpc) is 2.85. The van der Waals surface area contributed by atoms with Crippen molar-refractivity contribution in [1.29, 1.82) is 0 Å². The van der Waals surface area contributed by atoms with Crippen molar-refractivity contribution >= 4 is 10.9 Å². The largest absolute Gasteiger partial charge is 0.361 e. The van der Waals surface area contributed by atoms with Gasteiger partial charge in [0.1, 0.15) is 0 Å². The average molecular weight is 222 g/mol. The molecule has 1 aromatic carbocycles. The third kappa shape index (κ3) is 1.72. The Hall–Kier alpha value is -2.09. The molecule has 0 aliphatic carbocycles. The summed E-state index contributed by atoms with van der Waals surface area (Å²) < 4.78 is 0. The molecule has 0 bridgehead atoms. The summed E-state index contributed by atoms with van der Waals surface area (Å²) >= 11 is 0. The molecular weight excluding hydrogens is 208 g/mol. The summed E-state index contributed by atoms with van der Waals surface area (Å²) in [6.45, 7) is 2.14. The lowest BCUT2D eigenvalue weighted by molar-refractivity contribution is 1.04. The predicted molar refractivity (Wildman–Crippen MR) is 70.9 cm³/mol. The van der Waals surface area contributed by atoms with Crippen LogP contribution in [-0.2, 0) is 6.42 Å². The molecule has 0 saturated heterocycles. The van der Waals surface area contributed by atoms with Crippen molar-refractivity contribution in [1.82, 2.24) is 9.97 Å². The van der Waals surface area contributed by atoms with E-state index in [1.807, 2.05) is 18.5 Å². The van der Waals surface area contributed by atoms with Crippen LogP contribution in [0.3, 0.4) is 0 Å². The van der Waals surface area contributed by atoms with Crippen LogP contribution < -0.4 is 0 Å². The Kier molecular flexibility index (Phi) is 2.41. The van der Waals surface area contributed by atoms with E-state index in [9.17, 15) is 0 Å². The van der Waals surface area contributed by atoms with Crippen molar-refractivity contribution in [2.75, 3.05) is 0 Å². The molecule has 2 nitrogen and oxygen atoms in total. The lowest BCUT2D eigenvalue weighted by atomic mass is 10.0. The maximum absolute atomic E-state index is 4.43. The molecule has 3 aromatic rings. The molecule has 0 aliphatic heterocycles. The molecule has 84 valence electrons. The number of hydrogen-bond donors (Lipinski definition) is 1. The van der Waals surface area contributed by atoms with Gasteiger partial charge >= 0.3 is 0 Å². The summed E-state index contributed by atoms with van der Waals surface area (Å²) in [6, 6.07) is 12.7. The van der Waals surface area contributed by atoms with Crippen molar-refractivity contribution in [3.05, 3.63) is 54.5 Å². The number of pyridine rings is 1. The molecular formula is C15H14N2. The summed E-state index contributed by atoms with van der Waals surface area (Å²) in [5, 5.41) is 1.24. The second-order valence-corrected chi connectivity index (χ2v) is 4.13. The van der Waals surface area contributed by atoms with Gasteiger partial charge in [0, 0.05) is 29.2 Å². The van der Waals surface area contributed by atoms with Crippen LogP contribution in [0.1, 0.15) is 12.6 Å². The number of nitrogens with one attached hydrogen (secondary N) is 1. The zero-order valence-corrected chi connectivity index (χ0v) is 9.77. The molecule has 17 heavy (non-hydrogen) atoms. The quantitative estimate of drug-likeness (QED) is 0.702. The molecule has 0 radical (unpaired) electrons. The SMILES string of the molecule is CCc1ncccc1-c1ccc2[nH]ccc2c1. The fraction of sp³-hybridized carbons (Fsp3) is 0.133. The van der Waals surface area contributed by atoms with Crippen molar-refractivity contribution < 1.29 is 0 Å². The molecule has 2 heteroatoms. The first-order valence-electron chi connectivity index (χ1n) is 5.90. The molecule has 0 saturated carbocycles. The normalized spacial score (nSPS) is 10.9. The molecule has 0 atom stereocenters. The monoisotopic (exact) mass is 222 g/mol. The zero-order chi connectivity index (χ0) is 11.7. The molecule has 1 N–H and O–H groups in total. The zero-order valence-electron chi connectivity index (χ0n) is 9.77. The van der Waals surface area contributed by atoms with E-state index >= 15 is 0 Å². The summed E-state index contributed by atoms with van der Waals surface area (Å²) in [5.74, 6) is 0. The number of aromatic amines is 1. The van der Waals surface area contributed by atoms with Gasteiger partial charge in [0.05, 0.1) is 0 Å². The first-order chi connectivity index (χ1) is 8.38. The minimum Gasteiger partial charge on any atom is -0.361 e. The van der Waals surface area contributed by atoms with Crippen LogP contribution in [0.15, 0.2) is 48.8 Å². The summed E-state index contributed by atoms with van der Waals surface area (Å²) in [5.41, 5.74) is 4.80. The highest BCUT2D eigenvalue weighted by Crippen LogP contribution is 2.26. The Morgan fingerprint density at radius 1 is 1.18 bits per heavy atom. The molecule has 0 amide bonds. The van der Waals surface area contributed by atoms with E-state index in [2.05, 4.69) is 47.2 Å². The standard InChI is InChI=1S/C15H14N2/c1-2-14-13(4-3-8-16-14)11-5-6-15-12(10-11)7-9-17-15/h3-10,17H,2H2,1H3. The van der Waals surface area contributed by atoms with Gasteiger partial charge in [-0.05, 0) is 41.6 Å². The Balaban J connectivity index is 2.19. The Morgan fingerprint density at radius 2 is 2.12 bits per heavy atom. The van der Waals surface area contributed by atoms with Gasteiger partial charge in [-0.25, -0.2) is 0 Å². The van der Waals surface area contributed by atoms with Gasteiger partial charge < -0.3 is 4.98 Å². The number of aromatic nitrogens is 2. The van der Waals surface area contributed by atoms with E-state index in [-0.39, 0.29) is 0 Å². The maximum atomic E-state index is 4.43. The first kappa shape index (κ1) is 10.1. The van der Waals surface area contributed by atoms with Crippen LogP contribution in [0.4, 0.5) is 0 Å². The topological polar surface area (TPSA) is 28.7 Å². The van der Waals surface area contributed by atoms with E-state index < -0.39 is 0 Å².